The molecule has 3 aromatic rings. The molecule has 2 aromatic heterocycles. The Morgan fingerprint density at radius 2 is 2.00 bits per heavy atom. The van der Waals surface area contributed by atoms with Gasteiger partial charge in [0, 0.05) is 30.4 Å². The lowest BCUT2D eigenvalue weighted by atomic mass is 10.1. The van der Waals surface area contributed by atoms with Gasteiger partial charge >= 0.3 is 6.09 Å². The molecule has 1 fully saturated rings. The predicted octanol–water partition coefficient (Wildman–Crippen LogP) is 2.67. The van der Waals surface area contributed by atoms with E-state index in [1.54, 1.807) is 30.5 Å². The van der Waals surface area contributed by atoms with Gasteiger partial charge in [0.15, 0.2) is 0 Å². The molecule has 1 aromatic carbocycles. The maximum Gasteiger partial charge on any atom is 0.414 e. The number of pyridine rings is 2. The summed E-state index contributed by atoms with van der Waals surface area (Å²) in [7, 11) is 0. The average molecular weight is 463 g/mol. The number of rotatable bonds is 7. The lowest BCUT2D eigenvalue weighted by Crippen LogP contribution is -2.33. The van der Waals surface area contributed by atoms with E-state index in [0.717, 1.165) is 5.69 Å². The van der Waals surface area contributed by atoms with E-state index in [-0.39, 0.29) is 42.7 Å². The SMILES string of the molecule is CC(=O)NCC1CN(c2ccc(-c3ccc(C(=O)NCc4ccccn4)nc3)c(F)c2)C(=O)O1. The molecule has 1 aliphatic rings. The minimum atomic E-state index is -0.606. The summed E-state index contributed by atoms with van der Waals surface area (Å²) in [5.74, 6) is -1.14. The van der Waals surface area contributed by atoms with Crippen molar-refractivity contribution in [3.05, 3.63) is 78.1 Å². The van der Waals surface area contributed by atoms with Crippen LogP contribution in [0.5, 0.6) is 0 Å². The first-order valence-corrected chi connectivity index (χ1v) is 10.6. The summed E-state index contributed by atoms with van der Waals surface area (Å²) in [5.41, 5.74) is 2.02. The molecule has 34 heavy (non-hydrogen) atoms. The fraction of sp³-hybridized carbons (Fsp3) is 0.208. The molecule has 4 rings (SSSR count). The number of benzene rings is 1. The van der Waals surface area contributed by atoms with Gasteiger partial charge in [-0.3, -0.25) is 24.5 Å². The number of halogens is 1. The summed E-state index contributed by atoms with van der Waals surface area (Å²) >= 11 is 0. The molecular weight excluding hydrogens is 441 g/mol. The van der Waals surface area contributed by atoms with Crippen molar-refractivity contribution in [2.75, 3.05) is 18.0 Å². The fourth-order valence-corrected chi connectivity index (χ4v) is 3.45. The Labute approximate surface area is 195 Å². The topological polar surface area (TPSA) is 114 Å². The third-order valence-electron chi connectivity index (χ3n) is 5.18. The van der Waals surface area contributed by atoms with Crippen molar-refractivity contribution < 1.29 is 23.5 Å². The van der Waals surface area contributed by atoms with Crippen LogP contribution in [-0.4, -0.2) is 47.1 Å². The smallest absolute Gasteiger partial charge is 0.414 e. The number of nitrogens with one attached hydrogen (secondary N) is 2. The number of anilines is 1. The molecule has 3 heterocycles. The molecule has 9 nitrogen and oxygen atoms in total. The zero-order valence-electron chi connectivity index (χ0n) is 18.3. The first kappa shape index (κ1) is 22.8. The summed E-state index contributed by atoms with van der Waals surface area (Å²) in [5, 5.41) is 5.33. The molecule has 1 unspecified atom stereocenters. The largest absolute Gasteiger partial charge is 0.442 e. The van der Waals surface area contributed by atoms with Gasteiger partial charge in [-0.05, 0) is 36.4 Å². The van der Waals surface area contributed by atoms with Crippen molar-refractivity contribution in [3.63, 3.8) is 0 Å². The molecule has 1 aliphatic heterocycles. The van der Waals surface area contributed by atoms with Gasteiger partial charge in [-0.15, -0.1) is 0 Å². The van der Waals surface area contributed by atoms with Crippen LogP contribution in [0.25, 0.3) is 11.1 Å². The van der Waals surface area contributed by atoms with Crippen molar-refractivity contribution in [3.8, 4) is 11.1 Å². The number of aromatic nitrogens is 2. The van der Waals surface area contributed by atoms with Gasteiger partial charge in [-0.25, -0.2) is 9.18 Å². The molecule has 3 amide bonds. The van der Waals surface area contributed by atoms with Crippen LogP contribution in [0.15, 0.2) is 60.9 Å². The zero-order valence-corrected chi connectivity index (χ0v) is 18.3. The van der Waals surface area contributed by atoms with Crippen LogP contribution < -0.4 is 15.5 Å². The Hall–Kier alpha value is -4.34. The monoisotopic (exact) mass is 463 g/mol. The molecule has 0 saturated carbocycles. The molecule has 10 heteroatoms. The summed E-state index contributed by atoms with van der Waals surface area (Å²) < 4.78 is 20.1. The number of hydrogen-bond acceptors (Lipinski definition) is 6. The van der Waals surface area contributed by atoms with Crippen LogP contribution in [0.3, 0.4) is 0 Å². The highest BCUT2D eigenvalue weighted by Crippen LogP contribution is 2.29. The summed E-state index contributed by atoms with van der Waals surface area (Å²) in [4.78, 5) is 45.1. The van der Waals surface area contributed by atoms with Gasteiger partial charge in [0.05, 0.1) is 31.0 Å². The number of cyclic esters (lactones) is 1. The van der Waals surface area contributed by atoms with E-state index in [0.29, 0.717) is 11.3 Å². The van der Waals surface area contributed by atoms with Gasteiger partial charge in [-0.2, -0.15) is 0 Å². The minimum absolute atomic E-state index is 0.186. The van der Waals surface area contributed by atoms with E-state index < -0.39 is 18.0 Å². The second kappa shape index (κ2) is 10.1. The number of hydrogen-bond donors (Lipinski definition) is 2. The molecule has 2 N–H and O–H groups in total. The van der Waals surface area contributed by atoms with E-state index in [1.807, 2.05) is 6.07 Å². The quantitative estimate of drug-likeness (QED) is 0.557. The maximum absolute atomic E-state index is 14.9. The number of carbonyl (C=O) groups is 3. The Balaban J connectivity index is 1.41. The first-order valence-electron chi connectivity index (χ1n) is 10.6. The normalized spacial score (nSPS) is 15.1. The van der Waals surface area contributed by atoms with Crippen LogP contribution in [0.1, 0.15) is 23.1 Å². The Morgan fingerprint density at radius 3 is 2.68 bits per heavy atom. The zero-order chi connectivity index (χ0) is 24.1. The summed E-state index contributed by atoms with van der Waals surface area (Å²) in [6.45, 7) is 2.02. The van der Waals surface area contributed by atoms with Crippen molar-refractivity contribution in [1.82, 2.24) is 20.6 Å². The van der Waals surface area contributed by atoms with Gasteiger partial charge in [0.2, 0.25) is 5.91 Å². The highest BCUT2D eigenvalue weighted by Gasteiger charge is 2.32. The van der Waals surface area contributed by atoms with E-state index >= 15 is 0 Å². The predicted molar refractivity (Wildman–Crippen MR) is 121 cm³/mol. The number of carbonyl (C=O) groups excluding carboxylic acids is 3. The third kappa shape index (κ3) is 5.34. The van der Waals surface area contributed by atoms with Crippen LogP contribution in [0, 0.1) is 5.82 Å². The summed E-state index contributed by atoms with van der Waals surface area (Å²) in [6, 6.07) is 12.9. The van der Waals surface area contributed by atoms with Gasteiger partial charge in [0.1, 0.15) is 17.6 Å². The van der Waals surface area contributed by atoms with Gasteiger partial charge in [-0.1, -0.05) is 12.1 Å². The van der Waals surface area contributed by atoms with E-state index in [9.17, 15) is 18.8 Å². The molecule has 1 saturated heterocycles. The highest BCUT2D eigenvalue weighted by atomic mass is 19.1. The maximum atomic E-state index is 14.9. The number of ether oxygens (including phenoxy) is 1. The first-order chi connectivity index (χ1) is 16.4. The lowest BCUT2D eigenvalue weighted by Gasteiger charge is -2.14. The van der Waals surface area contributed by atoms with E-state index in [2.05, 4.69) is 20.6 Å². The molecule has 0 bridgehead atoms. The third-order valence-corrected chi connectivity index (χ3v) is 5.18. The van der Waals surface area contributed by atoms with E-state index in [1.165, 1.54) is 36.2 Å². The molecule has 0 radical (unpaired) electrons. The van der Waals surface area contributed by atoms with Crippen LogP contribution in [-0.2, 0) is 16.1 Å². The summed E-state index contributed by atoms with van der Waals surface area (Å²) in [6.07, 6.45) is 1.94. The van der Waals surface area contributed by atoms with Crippen LogP contribution >= 0.6 is 0 Å². The lowest BCUT2D eigenvalue weighted by molar-refractivity contribution is -0.119. The molecule has 174 valence electrons. The molecule has 1 atom stereocenters. The second-order valence-corrected chi connectivity index (χ2v) is 7.65. The Bertz CT molecular complexity index is 1200. The number of nitrogens with zero attached hydrogens (tertiary/aromatic N) is 3. The highest BCUT2D eigenvalue weighted by molar-refractivity contribution is 5.92. The Morgan fingerprint density at radius 1 is 1.15 bits per heavy atom. The van der Waals surface area contributed by atoms with Crippen LogP contribution in [0.4, 0.5) is 14.9 Å². The molecule has 0 spiro atoms. The standard InChI is InChI=1S/C24H22FN5O4/c1-15(31)27-13-19-14-30(24(33)34-19)18-6-7-20(21(25)10-18)16-5-8-22(28-11-16)23(32)29-12-17-4-2-3-9-26-17/h2-11,19H,12-14H2,1H3,(H,27,31)(H,29,32). The van der Waals surface area contributed by atoms with Crippen molar-refractivity contribution in [2.45, 2.75) is 19.6 Å². The fourth-order valence-electron chi connectivity index (χ4n) is 3.45. The van der Waals surface area contributed by atoms with Gasteiger partial charge < -0.3 is 15.4 Å². The second-order valence-electron chi connectivity index (χ2n) is 7.65. The molecule has 0 aliphatic carbocycles. The van der Waals surface area contributed by atoms with Crippen molar-refractivity contribution in [2.24, 2.45) is 0 Å². The average Bonchev–Trinajstić information content (AvgIpc) is 3.22. The van der Waals surface area contributed by atoms with Crippen molar-refractivity contribution in [1.29, 1.82) is 0 Å². The van der Waals surface area contributed by atoms with Crippen LogP contribution in [0.2, 0.25) is 0 Å². The van der Waals surface area contributed by atoms with Crippen molar-refractivity contribution >= 4 is 23.6 Å². The number of amides is 3. The minimum Gasteiger partial charge on any atom is -0.442 e. The van der Waals surface area contributed by atoms with Gasteiger partial charge in [0.25, 0.3) is 5.91 Å². The molecular formula is C24H22FN5O4. The Kier molecular flexibility index (Phi) is 6.77. The van der Waals surface area contributed by atoms with E-state index in [4.69, 9.17) is 4.74 Å².